The summed E-state index contributed by atoms with van der Waals surface area (Å²) in [7, 11) is 1.71. The monoisotopic (exact) mass is 273 g/mol. The van der Waals surface area contributed by atoms with Crippen LogP contribution in [0.1, 0.15) is 18.6 Å². The zero-order chi connectivity index (χ0) is 14.4. The van der Waals surface area contributed by atoms with Crippen LogP contribution in [0.5, 0.6) is 0 Å². The van der Waals surface area contributed by atoms with Crippen molar-refractivity contribution in [1.29, 1.82) is 0 Å². The Bertz CT molecular complexity index is 541. The maximum Gasteiger partial charge on any atom is 0.0914 e. The molecule has 3 nitrogen and oxygen atoms in total. The summed E-state index contributed by atoms with van der Waals surface area (Å²) in [5.74, 6) is 0.448. The second kappa shape index (κ2) is 7.39. The van der Waals surface area contributed by atoms with Crippen molar-refractivity contribution in [3.05, 3.63) is 48.0 Å². The van der Waals surface area contributed by atoms with Crippen molar-refractivity contribution in [3.8, 4) is 0 Å². The molecule has 0 spiro atoms. The third kappa shape index (κ3) is 4.04. The van der Waals surface area contributed by atoms with Gasteiger partial charge in [0.15, 0.2) is 0 Å². The lowest BCUT2D eigenvalue weighted by Gasteiger charge is -2.15. The van der Waals surface area contributed by atoms with E-state index in [1.54, 1.807) is 7.11 Å². The summed E-state index contributed by atoms with van der Waals surface area (Å²) in [5, 5.41) is 15.9. The van der Waals surface area contributed by atoms with Crippen molar-refractivity contribution in [2.45, 2.75) is 13.0 Å². The van der Waals surface area contributed by atoms with Gasteiger partial charge in [0.1, 0.15) is 0 Å². The average molecular weight is 273 g/mol. The molecular formula is C17H23NO2. The number of nitrogens with one attached hydrogen (secondary N) is 1. The van der Waals surface area contributed by atoms with Gasteiger partial charge in [0.25, 0.3) is 0 Å². The first-order valence-electron chi connectivity index (χ1n) is 7.07. The number of aliphatic hydroxyl groups excluding tert-OH is 1. The molecule has 0 bridgehead atoms. The van der Waals surface area contributed by atoms with E-state index >= 15 is 0 Å². The maximum atomic E-state index is 10.2. The molecule has 0 saturated carbocycles. The van der Waals surface area contributed by atoms with Gasteiger partial charge in [0.05, 0.1) is 6.10 Å². The second-order valence-electron chi connectivity index (χ2n) is 5.34. The van der Waals surface area contributed by atoms with Crippen LogP contribution in [0.4, 0.5) is 0 Å². The lowest BCUT2D eigenvalue weighted by Crippen LogP contribution is -2.28. The van der Waals surface area contributed by atoms with E-state index < -0.39 is 6.10 Å². The van der Waals surface area contributed by atoms with Crippen molar-refractivity contribution in [1.82, 2.24) is 5.32 Å². The minimum Gasteiger partial charge on any atom is -0.387 e. The molecule has 0 saturated heterocycles. The lowest BCUT2D eigenvalue weighted by atomic mass is 10.0. The molecule has 108 valence electrons. The van der Waals surface area contributed by atoms with E-state index in [1.165, 1.54) is 5.39 Å². The van der Waals surface area contributed by atoms with Crippen molar-refractivity contribution in [3.63, 3.8) is 0 Å². The number of hydrogen-bond donors (Lipinski definition) is 2. The molecule has 0 fully saturated rings. The molecule has 20 heavy (non-hydrogen) atoms. The highest BCUT2D eigenvalue weighted by Crippen LogP contribution is 2.20. The van der Waals surface area contributed by atoms with E-state index in [0.717, 1.165) is 24.1 Å². The van der Waals surface area contributed by atoms with Crippen molar-refractivity contribution >= 4 is 10.8 Å². The quantitative estimate of drug-likeness (QED) is 0.815. The van der Waals surface area contributed by atoms with E-state index in [-0.39, 0.29) is 0 Å². The first kappa shape index (κ1) is 15.0. The number of methoxy groups -OCH3 is 1. The number of benzene rings is 2. The number of hydrogen-bond acceptors (Lipinski definition) is 3. The predicted molar refractivity (Wildman–Crippen MR) is 82.8 cm³/mol. The zero-order valence-corrected chi connectivity index (χ0v) is 12.2. The topological polar surface area (TPSA) is 41.5 Å². The van der Waals surface area contributed by atoms with Crippen LogP contribution >= 0.6 is 0 Å². The molecule has 2 atom stereocenters. The van der Waals surface area contributed by atoms with E-state index in [0.29, 0.717) is 12.5 Å². The summed E-state index contributed by atoms with van der Waals surface area (Å²) in [6, 6.07) is 14.3. The first-order chi connectivity index (χ1) is 9.70. The average Bonchev–Trinajstić information content (AvgIpc) is 2.47. The normalized spacial score (nSPS) is 14.3. The highest BCUT2D eigenvalue weighted by Gasteiger charge is 2.08. The molecule has 0 amide bonds. The second-order valence-corrected chi connectivity index (χ2v) is 5.34. The van der Waals surface area contributed by atoms with Crippen LogP contribution in [0.3, 0.4) is 0 Å². The fraction of sp³-hybridized carbons (Fsp3) is 0.412. The fourth-order valence-electron chi connectivity index (χ4n) is 2.34. The van der Waals surface area contributed by atoms with Crippen molar-refractivity contribution in [2.24, 2.45) is 5.92 Å². The van der Waals surface area contributed by atoms with Crippen LogP contribution in [0.25, 0.3) is 10.8 Å². The molecule has 0 aromatic heterocycles. The number of fused-ring (bicyclic) bond motifs is 1. The van der Waals surface area contributed by atoms with Gasteiger partial charge < -0.3 is 15.2 Å². The SMILES string of the molecule is COCC(C)CNCC(O)c1ccc2ccccc2c1. The summed E-state index contributed by atoms with van der Waals surface area (Å²) >= 11 is 0. The van der Waals surface area contributed by atoms with Gasteiger partial charge in [0.2, 0.25) is 0 Å². The molecule has 0 aliphatic carbocycles. The van der Waals surface area contributed by atoms with Gasteiger partial charge >= 0.3 is 0 Å². The van der Waals surface area contributed by atoms with Crippen LogP contribution in [-0.2, 0) is 4.74 Å². The van der Waals surface area contributed by atoms with Crippen LogP contribution in [0.15, 0.2) is 42.5 Å². The maximum absolute atomic E-state index is 10.2. The molecule has 2 unspecified atom stereocenters. The number of aliphatic hydroxyl groups is 1. The van der Waals surface area contributed by atoms with Gasteiger partial charge in [-0.25, -0.2) is 0 Å². The zero-order valence-electron chi connectivity index (χ0n) is 12.2. The molecule has 2 rings (SSSR count). The third-order valence-corrected chi connectivity index (χ3v) is 3.44. The standard InChI is InChI=1S/C17H23NO2/c1-13(12-20-2)10-18-11-17(19)16-8-7-14-5-3-4-6-15(14)9-16/h3-9,13,17-19H,10-12H2,1-2H3. The van der Waals surface area contributed by atoms with Gasteiger partial charge in [-0.05, 0) is 28.3 Å². The van der Waals surface area contributed by atoms with Gasteiger partial charge in [-0.2, -0.15) is 0 Å². The van der Waals surface area contributed by atoms with Crippen LogP contribution in [-0.4, -0.2) is 31.9 Å². The molecule has 0 aliphatic heterocycles. The minimum absolute atomic E-state index is 0.448. The molecule has 2 N–H and O–H groups in total. The molecular weight excluding hydrogens is 250 g/mol. The van der Waals surface area contributed by atoms with Crippen LogP contribution < -0.4 is 5.32 Å². The Hall–Kier alpha value is -1.42. The van der Waals surface area contributed by atoms with E-state index in [2.05, 4.69) is 36.5 Å². The minimum atomic E-state index is -0.477. The molecule has 3 heteroatoms. The largest absolute Gasteiger partial charge is 0.387 e. The predicted octanol–water partition coefficient (Wildman–Crippen LogP) is 2.75. The smallest absolute Gasteiger partial charge is 0.0914 e. The van der Waals surface area contributed by atoms with E-state index in [9.17, 15) is 5.11 Å². The Labute approximate surface area is 120 Å². The Kier molecular flexibility index (Phi) is 5.53. The van der Waals surface area contributed by atoms with Crippen LogP contribution in [0.2, 0.25) is 0 Å². The molecule has 0 radical (unpaired) electrons. The third-order valence-electron chi connectivity index (χ3n) is 3.44. The molecule has 0 aliphatic rings. The highest BCUT2D eigenvalue weighted by atomic mass is 16.5. The summed E-state index contributed by atoms with van der Waals surface area (Å²) in [4.78, 5) is 0. The Morgan fingerprint density at radius 3 is 2.60 bits per heavy atom. The van der Waals surface area contributed by atoms with Gasteiger partial charge in [-0.3, -0.25) is 0 Å². The Balaban J connectivity index is 1.92. The van der Waals surface area contributed by atoms with E-state index in [4.69, 9.17) is 4.74 Å². The molecule has 0 heterocycles. The van der Waals surface area contributed by atoms with Gasteiger partial charge in [-0.15, -0.1) is 0 Å². The molecule has 2 aromatic carbocycles. The van der Waals surface area contributed by atoms with E-state index in [1.807, 2.05) is 18.2 Å². The van der Waals surface area contributed by atoms with Crippen LogP contribution in [0, 0.1) is 5.92 Å². The Morgan fingerprint density at radius 2 is 1.85 bits per heavy atom. The summed E-state index contributed by atoms with van der Waals surface area (Å²) in [6.07, 6.45) is -0.477. The summed E-state index contributed by atoms with van der Waals surface area (Å²) in [6.45, 7) is 4.27. The summed E-state index contributed by atoms with van der Waals surface area (Å²) in [5.41, 5.74) is 0.954. The van der Waals surface area contributed by atoms with Crippen molar-refractivity contribution in [2.75, 3.05) is 26.8 Å². The van der Waals surface area contributed by atoms with Gasteiger partial charge in [0, 0.05) is 26.8 Å². The number of rotatable bonds is 7. The fourth-order valence-corrected chi connectivity index (χ4v) is 2.34. The highest BCUT2D eigenvalue weighted by molar-refractivity contribution is 5.83. The molecule has 2 aromatic rings. The number of ether oxygens (including phenoxy) is 1. The summed E-state index contributed by atoms with van der Waals surface area (Å²) < 4.78 is 5.09. The first-order valence-corrected chi connectivity index (χ1v) is 7.07. The Morgan fingerprint density at radius 1 is 1.10 bits per heavy atom. The van der Waals surface area contributed by atoms with Crippen molar-refractivity contribution < 1.29 is 9.84 Å². The lowest BCUT2D eigenvalue weighted by molar-refractivity contribution is 0.147. The van der Waals surface area contributed by atoms with Gasteiger partial charge in [-0.1, -0.05) is 43.3 Å².